The monoisotopic (exact) mass is 290 g/mol. The van der Waals surface area contributed by atoms with Crippen LogP contribution in [0.2, 0.25) is 0 Å². The summed E-state index contributed by atoms with van der Waals surface area (Å²) in [4.78, 5) is 12.1. The highest BCUT2D eigenvalue weighted by molar-refractivity contribution is 5.77. The molecule has 0 saturated heterocycles. The maximum Gasteiger partial charge on any atom is 0.258 e. The summed E-state index contributed by atoms with van der Waals surface area (Å²) in [5.41, 5.74) is 6.30. The molecule has 1 fully saturated rings. The van der Waals surface area contributed by atoms with Gasteiger partial charge in [-0.1, -0.05) is 26.7 Å². The van der Waals surface area contributed by atoms with Crippen LogP contribution in [-0.4, -0.2) is 18.6 Å². The molecule has 1 aromatic rings. The van der Waals surface area contributed by atoms with Crippen molar-refractivity contribution in [3.05, 3.63) is 24.3 Å². The molecule has 0 aromatic heterocycles. The average Bonchev–Trinajstić information content (AvgIpc) is 2.47. The molecule has 2 rings (SSSR count). The average molecular weight is 290 g/mol. The minimum absolute atomic E-state index is 0.0376. The zero-order valence-electron chi connectivity index (χ0n) is 13.0. The highest BCUT2D eigenvalue weighted by atomic mass is 16.5. The Balaban J connectivity index is 1.81. The number of nitrogen functional groups attached to an aromatic ring is 1. The molecule has 3 N–H and O–H groups in total. The van der Waals surface area contributed by atoms with Gasteiger partial charge in [-0.25, -0.2) is 0 Å². The molecule has 21 heavy (non-hydrogen) atoms. The van der Waals surface area contributed by atoms with Crippen LogP contribution in [0, 0.1) is 11.8 Å². The van der Waals surface area contributed by atoms with Gasteiger partial charge in [0.15, 0.2) is 6.61 Å². The molecule has 1 aliphatic carbocycles. The number of ether oxygens (including phenoxy) is 1. The van der Waals surface area contributed by atoms with Gasteiger partial charge in [-0.15, -0.1) is 0 Å². The summed E-state index contributed by atoms with van der Waals surface area (Å²) in [5.74, 6) is 1.82. The van der Waals surface area contributed by atoms with Crippen molar-refractivity contribution in [1.29, 1.82) is 0 Å². The van der Waals surface area contributed by atoms with Crippen LogP contribution in [0.3, 0.4) is 0 Å². The minimum atomic E-state index is -0.0376. The van der Waals surface area contributed by atoms with E-state index in [1.807, 2.05) is 0 Å². The number of nitrogens with two attached hydrogens (primary N) is 1. The molecule has 0 spiro atoms. The van der Waals surface area contributed by atoms with Crippen LogP contribution in [-0.2, 0) is 4.79 Å². The maximum absolute atomic E-state index is 12.1. The van der Waals surface area contributed by atoms with Crippen LogP contribution in [0.25, 0.3) is 0 Å². The second-order valence-electron chi connectivity index (χ2n) is 6.22. The van der Waals surface area contributed by atoms with E-state index in [0.717, 1.165) is 6.42 Å². The van der Waals surface area contributed by atoms with Gasteiger partial charge in [-0.2, -0.15) is 0 Å². The van der Waals surface area contributed by atoms with Crippen molar-refractivity contribution < 1.29 is 9.53 Å². The molecule has 1 saturated carbocycles. The Morgan fingerprint density at radius 1 is 1.29 bits per heavy atom. The maximum atomic E-state index is 12.1. The Hall–Kier alpha value is -1.71. The zero-order valence-corrected chi connectivity index (χ0v) is 13.0. The van der Waals surface area contributed by atoms with E-state index in [-0.39, 0.29) is 12.5 Å². The number of nitrogens with one attached hydrogen (secondary N) is 1. The summed E-state index contributed by atoms with van der Waals surface area (Å²) < 4.78 is 5.49. The Kier molecular flexibility index (Phi) is 5.48. The second kappa shape index (κ2) is 7.34. The fourth-order valence-electron chi connectivity index (χ4n) is 3.10. The molecule has 2 atom stereocenters. The van der Waals surface area contributed by atoms with Gasteiger partial charge in [-0.3, -0.25) is 4.79 Å². The van der Waals surface area contributed by atoms with Crippen molar-refractivity contribution in [2.45, 2.75) is 45.6 Å². The topological polar surface area (TPSA) is 64.3 Å². The van der Waals surface area contributed by atoms with Gasteiger partial charge in [0.1, 0.15) is 5.75 Å². The summed E-state index contributed by atoms with van der Waals surface area (Å²) in [6, 6.07) is 7.38. The fourth-order valence-corrected chi connectivity index (χ4v) is 3.10. The first kappa shape index (κ1) is 15.7. The van der Waals surface area contributed by atoms with Crippen LogP contribution >= 0.6 is 0 Å². The molecule has 4 heteroatoms. The van der Waals surface area contributed by atoms with E-state index in [0.29, 0.717) is 29.3 Å². The number of carbonyl (C=O) groups excluding carboxylic acids is 1. The molecule has 1 aliphatic rings. The van der Waals surface area contributed by atoms with E-state index in [1.54, 1.807) is 24.3 Å². The van der Waals surface area contributed by atoms with Gasteiger partial charge in [0.05, 0.1) is 0 Å². The number of anilines is 1. The van der Waals surface area contributed by atoms with Gasteiger partial charge in [-0.05, 0) is 48.9 Å². The lowest BCUT2D eigenvalue weighted by molar-refractivity contribution is -0.124. The first-order chi connectivity index (χ1) is 10.1. The fraction of sp³-hybridized carbons (Fsp3) is 0.588. The van der Waals surface area contributed by atoms with E-state index in [4.69, 9.17) is 10.5 Å². The zero-order chi connectivity index (χ0) is 15.2. The molecule has 1 aromatic carbocycles. The number of carbonyl (C=O) groups is 1. The number of benzene rings is 1. The van der Waals surface area contributed by atoms with Crippen molar-refractivity contribution in [3.63, 3.8) is 0 Å². The third kappa shape index (κ3) is 4.66. The molecule has 0 radical (unpaired) electrons. The standard InChI is InChI=1S/C17H26N2O2/c1-12(2)15-5-3-4-6-16(15)19-17(20)11-21-14-9-7-13(18)8-10-14/h7-10,12,15-16H,3-6,11,18H2,1-2H3,(H,19,20). The predicted octanol–water partition coefficient (Wildman–Crippen LogP) is 2.98. The van der Waals surface area contributed by atoms with Crippen LogP contribution in [0.5, 0.6) is 5.75 Å². The Labute approximate surface area is 127 Å². The van der Waals surface area contributed by atoms with Crippen LogP contribution in [0.1, 0.15) is 39.5 Å². The lowest BCUT2D eigenvalue weighted by Crippen LogP contribution is -2.45. The van der Waals surface area contributed by atoms with E-state index in [2.05, 4.69) is 19.2 Å². The van der Waals surface area contributed by atoms with Crippen molar-refractivity contribution in [3.8, 4) is 5.75 Å². The van der Waals surface area contributed by atoms with Crippen LogP contribution in [0.15, 0.2) is 24.3 Å². The number of amides is 1. The molecule has 1 amide bonds. The molecule has 116 valence electrons. The SMILES string of the molecule is CC(C)C1CCCCC1NC(=O)COc1ccc(N)cc1. The van der Waals surface area contributed by atoms with Gasteiger partial charge in [0, 0.05) is 11.7 Å². The van der Waals surface area contributed by atoms with Gasteiger partial charge in [0.25, 0.3) is 5.91 Å². The number of hydrogen-bond donors (Lipinski definition) is 2. The summed E-state index contributed by atoms with van der Waals surface area (Å²) in [5, 5.41) is 3.14. The molecular weight excluding hydrogens is 264 g/mol. The third-order valence-electron chi connectivity index (χ3n) is 4.27. The third-order valence-corrected chi connectivity index (χ3v) is 4.27. The number of hydrogen-bond acceptors (Lipinski definition) is 3. The molecule has 4 nitrogen and oxygen atoms in total. The molecule has 0 aliphatic heterocycles. The highest BCUT2D eigenvalue weighted by Gasteiger charge is 2.28. The lowest BCUT2D eigenvalue weighted by atomic mass is 9.78. The van der Waals surface area contributed by atoms with Crippen molar-refractivity contribution in [1.82, 2.24) is 5.32 Å². The summed E-state index contributed by atoms with van der Waals surface area (Å²) >= 11 is 0. The van der Waals surface area contributed by atoms with Crippen LogP contribution < -0.4 is 15.8 Å². The molecule has 0 heterocycles. The largest absolute Gasteiger partial charge is 0.484 e. The molecular formula is C17H26N2O2. The molecule has 0 bridgehead atoms. The van der Waals surface area contributed by atoms with E-state index in [9.17, 15) is 4.79 Å². The Bertz CT molecular complexity index is 456. The second-order valence-corrected chi connectivity index (χ2v) is 6.22. The van der Waals surface area contributed by atoms with Crippen molar-refractivity contribution in [2.24, 2.45) is 11.8 Å². The first-order valence-corrected chi connectivity index (χ1v) is 7.84. The highest BCUT2D eigenvalue weighted by Crippen LogP contribution is 2.30. The summed E-state index contributed by atoms with van der Waals surface area (Å²) in [6.07, 6.45) is 4.77. The molecule has 2 unspecified atom stereocenters. The smallest absolute Gasteiger partial charge is 0.258 e. The summed E-state index contributed by atoms with van der Waals surface area (Å²) in [7, 11) is 0. The predicted molar refractivity (Wildman–Crippen MR) is 85.1 cm³/mol. The van der Waals surface area contributed by atoms with Crippen molar-refractivity contribution in [2.75, 3.05) is 12.3 Å². The summed E-state index contributed by atoms with van der Waals surface area (Å²) in [6.45, 7) is 4.53. The lowest BCUT2D eigenvalue weighted by Gasteiger charge is -2.34. The van der Waals surface area contributed by atoms with Gasteiger partial charge in [0.2, 0.25) is 0 Å². The van der Waals surface area contributed by atoms with Gasteiger partial charge < -0.3 is 15.8 Å². The Morgan fingerprint density at radius 2 is 1.95 bits per heavy atom. The Morgan fingerprint density at radius 3 is 2.62 bits per heavy atom. The normalized spacial score (nSPS) is 22.0. The van der Waals surface area contributed by atoms with Crippen molar-refractivity contribution >= 4 is 11.6 Å². The van der Waals surface area contributed by atoms with E-state index < -0.39 is 0 Å². The van der Waals surface area contributed by atoms with E-state index in [1.165, 1.54) is 19.3 Å². The van der Waals surface area contributed by atoms with Crippen LogP contribution in [0.4, 0.5) is 5.69 Å². The quantitative estimate of drug-likeness (QED) is 0.819. The minimum Gasteiger partial charge on any atom is -0.484 e. The van der Waals surface area contributed by atoms with E-state index >= 15 is 0 Å². The first-order valence-electron chi connectivity index (χ1n) is 7.84. The van der Waals surface area contributed by atoms with Gasteiger partial charge >= 0.3 is 0 Å². The number of rotatable bonds is 5.